The molecule has 0 N–H and O–H groups in total. The number of amidine groups is 1. The third-order valence-corrected chi connectivity index (χ3v) is 5.79. The highest BCUT2D eigenvalue weighted by Gasteiger charge is 2.28. The van der Waals surface area contributed by atoms with Gasteiger partial charge in [-0.25, -0.2) is 14.4 Å². The molecule has 1 aromatic heterocycles. The summed E-state index contributed by atoms with van der Waals surface area (Å²) in [6, 6.07) is 4.20. The number of nitrogens with zero attached hydrogens (tertiary/aromatic N) is 5. The maximum atomic E-state index is 13.5. The van der Waals surface area contributed by atoms with Crippen molar-refractivity contribution >= 4 is 23.4 Å². The van der Waals surface area contributed by atoms with Gasteiger partial charge < -0.3 is 14.9 Å². The summed E-state index contributed by atoms with van der Waals surface area (Å²) in [5.74, 6) is 0.985. The fourth-order valence-electron chi connectivity index (χ4n) is 3.88. The lowest BCUT2D eigenvalue weighted by molar-refractivity contribution is -0.235. The molecule has 148 valence electrons. The molecule has 2 aliphatic rings. The Morgan fingerprint density at radius 3 is 2.82 bits per heavy atom. The summed E-state index contributed by atoms with van der Waals surface area (Å²) in [4.78, 5) is 17.0. The highest BCUT2D eigenvalue weighted by molar-refractivity contribution is 6.30. The standard InChI is InChI=1S/C20H23ClFN5O/c1-13-2-5-17-18(13)19(25-12-24-17)26-6-8-27(9-7-26)20(28)23-11-14-3-4-15(21)16(22)10-14/h3-4,10,12-13H,2,5-9,11H2,1H3,(H,23,28)/p-1/t13-/m1/s1. The Labute approximate surface area is 168 Å². The molecule has 4 rings (SSSR count). The highest BCUT2D eigenvalue weighted by atomic mass is 35.5. The summed E-state index contributed by atoms with van der Waals surface area (Å²) in [5.41, 5.74) is 3.04. The Kier molecular flexibility index (Phi) is 5.35. The Balaban J connectivity index is 1.39. The molecule has 1 aliphatic heterocycles. The van der Waals surface area contributed by atoms with Gasteiger partial charge in [-0.05, 0) is 36.5 Å². The van der Waals surface area contributed by atoms with Crippen LogP contribution in [0.2, 0.25) is 5.02 Å². The van der Waals surface area contributed by atoms with Crippen molar-refractivity contribution in [2.75, 3.05) is 31.1 Å². The van der Waals surface area contributed by atoms with Crippen LogP contribution in [0.15, 0.2) is 29.5 Å². The van der Waals surface area contributed by atoms with Gasteiger partial charge in [-0.3, -0.25) is 4.99 Å². The first-order chi connectivity index (χ1) is 13.5. The smallest absolute Gasteiger partial charge is 0.142 e. The lowest BCUT2D eigenvalue weighted by Gasteiger charge is -2.39. The summed E-state index contributed by atoms with van der Waals surface area (Å²) in [5, 5.41) is 12.5. The zero-order chi connectivity index (χ0) is 19.7. The van der Waals surface area contributed by atoms with E-state index in [1.54, 1.807) is 17.3 Å². The molecule has 0 amide bonds. The number of aromatic nitrogens is 2. The molecule has 1 fully saturated rings. The van der Waals surface area contributed by atoms with Crippen molar-refractivity contribution in [1.29, 1.82) is 0 Å². The van der Waals surface area contributed by atoms with E-state index in [4.69, 9.17) is 11.6 Å². The van der Waals surface area contributed by atoms with Crippen molar-refractivity contribution in [2.45, 2.75) is 32.2 Å². The van der Waals surface area contributed by atoms with E-state index in [0.717, 1.165) is 24.4 Å². The second-order valence-corrected chi connectivity index (χ2v) is 7.73. The van der Waals surface area contributed by atoms with Gasteiger partial charge in [-0.2, -0.15) is 0 Å². The lowest BCUT2D eigenvalue weighted by Crippen LogP contribution is -2.52. The van der Waals surface area contributed by atoms with E-state index in [1.165, 1.54) is 17.7 Å². The minimum Gasteiger partial charge on any atom is -0.846 e. The van der Waals surface area contributed by atoms with Crippen LogP contribution in [0, 0.1) is 5.82 Å². The predicted octanol–water partition coefficient (Wildman–Crippen LogP) is 2.36. The van der Waals surface area contributed by atoms with Crippen LogP contribution < -0.4 is 10.0 Å². The molecule has 1 aromatic carbocycles. The first-order valence-electron chi connectivity index (χ1n) is 9.52. The van der Waals surface area contributed by atoms with Gasteiger partial charge in [0.05, 0.1) is 17.6 Å². The topological polar surface area (TPSA) is 67.7 Å². The van der Waals surface area contributed by atoms with E-state index in [-0.39, 0.29) is 17.6 Å². The summed E-state index contributed by atoms with van der Waals surface area (Å²) < 4.78 is 13.5. The Bertz CT molecular complexity index is 898. The van der Waals surface area contributed by atoms with E-state index in [1.807, 2.05) is 0 Å². The number of hydrogen-bond donors (Lipinski definition) is 0. The number of halogens is 2. The number of aliphatic imine (C=N–C) groups is 1. The van der Waals surface area contributed by atoms with E-state index < -0.39 is 5.82 Å². The predicted molar refractivity (Wildman–Crippen MR) is 105 cm³/mol. The molecular formula is C20H22ClFN5O-. The lowest BCUT2D eigenvalue weighted by atomic mass is 10.1. The van der Waals surface area contributed by atoms with Crippen LogP contribution in [-0.4, -0.2) is 47.1 Å². The van der Waals surface area contributed by atoms with Gasteiger partial charge in [-0.1, -0.05) is 24.6 Å². The van der Waals surface area contributed by atoms with Crippen LogP contribution in [0.25, 0.3) is 0 Å². The van der Waals surface area contributed by atoms with Crippen LogP contribution in [0.5, 0.6) is 0 Å². The first kappa shape index (κ1) is 18.9. The molecule has 28 heavy (non-hydrogen) atoms. The quantitative estimate of drug-likeness (QED) is 0.582. The van der Waals surface area contributed by atoms with Gasteiger partial charge in [0.2, 0.25) is 0 Å². The van der Waals surface area contributed by atoms with Gasteiger partial charge in [0.15, 0.2) is 0 Å². The summed E-state index contributed by atoms with van der Waals surface area (Å²) in [6.45, 7) is 4.97. The van der Waals surface area contributed by atoms with Crippen molar-refractivity contribution in [1.82, 2.24) is 14.9 Å². The normalized spacial score (nSPS) is 19.8. The summed E-state index contributed by atoms with van der Waals surface area (Å²) in [7, 11) is 0. The van der Waals surface area contributed by atoms with Crippen molar-refractivity contribution in [3.63, 3.8) is 0 Å². The molecule has 0 bridgehead atoms. The van der Waals surface area contributed by atoms with Gasteiger partial charge >= 0.3 is 0 Å². The van der Waals surface area contributed by atoms with Gasteiger partial charge in [-0.15, -0.1) is 0 Å². The van der Waals surface area contributed by atoms with Crippen LogP contribution in [0.4, 0.5) is 10.2 Å². The minimum absolute atomic E-state index is 0.0664. The fraction of sp³-hybridized carbons (Fsp3) is 0.450. The summed E-state index contributed by atoms with van der Waals surface area (Å²) in [6.07, 6.45) is 3.77. The van der Waals surface area contributed by atoms with Crippen molar-refractivity contribution in [3.05, 3.63) is 52.2 Å². The molecule has 0 saturated carbocycles. The first-order valence-corrected chi connectivity index (χ1v) is 9.90. The number of benzene rings is 1. The molecule has 2 aromatic rings. The average Bonchev–Trinajstić information content (AvgIpc) is 3.10. The Morgan fingerprint density at radius 1 is 1.29 bits per heavy atom. The number of hydrogen-bond acceptors (Lipinski definition) is 5. The molecule has 6 nitrogen and oxygen atoms in total. The summed E-state index contributed by atoms with van der Waals surface area (Å²) >= 11 is 5.68. The third kappa shape index (κ3) is 3.76. The molecule has 0 unspecified atom stereocenters. The molecule has 1 atom stereocenters. The van der Waals surface area contributed by atoms with Crippen LogP contribution >= 0.6 is 11.6 Å². The highest BCUT2D eigenvalue weighted by Crippen LogP contribution is 2.37. The molecule has 1 aliphatic carbocycles. The zero-order valence-electron chi connectivity index (χ0n) is 15.7. The fourth-order valence-corrected chi connectivity index (χ4v) is 4.00. The molecule has 0 spiro atoms. The van der Waals surface area contributed by atoms with Gasteiger partial charge in [0, 0.05) is 37.4 Å². The van der Waals surface area contributed by atoms with E-state index in [9.17, 15) is 9.50 Å². The van der Waals surface area contributed by atoms with Crippen molar-refractivity contribution in [3.8, 4) is 0 Å². The Hall–Kier alpha value is -2.41. The number of anilines is 1. The second-order valence-electron chi connectivity index (χ2n) is 7.32. The molecule has 8 heteroatoms. The van der Waals surface area contributed by atoms with Gasteiger partial charge in [0.1, 0.15) is 18.0 Å². The second kappa shape index (κ2) is 7.91. The monoisotopic (exact) mass is 402 g/mol. The Morgan fingerprint density at radius 2 is 2.07 bits per heavy atom. The van der Waals surface area contributed by atoms with Crippen molar-refractivity contribution in [2.24, 2.45) is 4.99 Å². The maximum absolute atomic E-state index is 13.5. The largest absolute Gasteiger partial charge is 0.846 e. The molecule has 1 saturated heterocycles. The average molecular weight is 403 g/mol. The van der Waals surface area contributed by atoms with Gasteiger partial charge in [0.25, 0.3) is 0 Å². The molecule has 0 radical (unpaired) electrons. The number of rotatable bonds is 3. The molecular weight excluding hydrogens is 381 g/mol. The molecule has 2 heterocycles. The third-order valence-electron chi connectivity index (χ3n) is 5.48. The number of aryl methyl sites for hydroxylation is 1. The van der Waals surface area contributed by atoms with E-state index >= 15 is 0 Å². The van der Waals surface area contributed by atoms with Crippen LogP contribution in [0.1, 0.15) is 36.1 Å². The number of fused-ring (bicyclic) bond motifs is 1. The zero-order valence-corrected chi connectivity index (χ0v) is 16.5. The SMILES string of the molecule is C[C@@H]1CCc2ncnc(N3CCN(C([O-])=NCc4ccc(Cl)c(F)c4)CC3)c21. The van der Waals surface area contributed by atoms with Crippen LogP contribution in [-0.2, 0) is 13.0 Å². The van der Waals surface area contributed by atoms with E-state index in [2.05, 4.69) is 26.8 Å². The van der Waals surface area contributed by atoms with E-state index in [0.29, 0.717) is 37.7 Å². The van der Waals surface area contributed by atoms with Crippen LogP contribution in [0.3, 0.4) is 0 Å². The maximum Gasteiger partial charge on any atom is 0.142 e. The van der Waals surface area contributed by atoms with Crippen molar-refractivity contribution < 1.29 is 9.50 Å². The number of piperazine rings is 1. The minimum atomic E-state index is -0.498.